The lowest BCUT2D eigenvalue weighted by Crippen LogP contribution is -2.61. The molecule has 2 aromatic rings. The van der Waals surface area contributed by atoms with Crippen molar-refractivity contribution in [1.29, 1.82) is 0 Å². The molecule has 0 saturated heterocycles. The van der Waals surface area contributed by atoms with E-state index in [0.29, 0.717) is 4.90 Å². The lowest BCUT2D eigenvalue weighted by Gasteiger charge is -2.42. The van der Waals surface area contributed by atoms with E-state index in [4.69, 9.17) is 16.0 Å². The van der Waals surface area contributed by atoms with E-state index in [1.54, 1.807) is 41.5 Å². The lowest BCUT2D eigenvalue weighted by molar-refractivity contribution is 0.0139. The number of aliphatic imine (C=N–C) groups is 1. The Morgan fingerprint density at radius 2 is 1.59 bits per heavy atom. The quantitative estimate of drug-likeness (QED) is 0.273. The predicted molar refractivity (Wildman–Crippen MR) is 161 cm³/mol. The maximum Gasteiger partial charge on any atom is 0.425 e. The molecule has 1 atom stereocenters. The molecule has 0 spiro atoms. The zero-order valence-electron chi connectivity index (χ0n) is 26.0. The molecule has 0 fully saturated rings. The number of hydrogen-bond donors (Lipinski definition) is 0. The number of amides is 2. The Bertz CT molecular complexity index is 1660. The van der Waals surface area contributed by atoms with Gasteiger partial charge in [-0.15, -0.1) is 0 Å². The molecule has 1 aliphatic heterocycles. The summed E-state index contributed by atoms with van der Waals surface area (Å²) in [5.41, 5.74) is -4.29. The van der Waals surface area contributed by atoms with Crippen molar-refractivity contribution in [3.8, 4) is 0 Å². The maximum atomic E-state index is 15.4. The second kappa shape index (κ2) is 11.7. The Morgan fingerprint density at radius 1 is 1.02 bits per heavy atom. The molecule has 0 aromatic carbocycles. The minimum atomic E-state index is -4.27. The highest BCUT2D eigenvalue weighted by Crippen LogP contribution is 2.40. The molecular weight excluding hydrogens is 596 g/mol. The van der Waals surface area contributed by atoms with Crippen LogP contribution in [0.5, 0.6) is 0 Å². The Kier molecular flexibility index (Phi) is 9.09. The first kappa shape index (κ1) is 34.2. The van der Waals surface area contributed by atoms with E-state index in [2.05, 4.69) is 19.8 Å². The van der Waals surface area contributed by atoms with Gasteiger partial charge in [0, 0.05) is 18.0 Å². The molecule has 44 heavy (non-hydrogen) atoms. The highest BCUT2D eigenvalue weighted by molar-refractivity contribution is 7.93. The average Bonchev–Trinajstić information content (AvgIpc) is 2.86. The van der Waals surface area contributed by atoms with Gasteiger partial charge < -0.3 is 9.47 Å². The van der Waals surface area contributed by atoms with Gasteiger partial charge in [-0.05, 0) is 86.1 Å². The van der Waals surface area contributed by atoms with E-state index in [-0.39, 0.29) is 22.5 Å². The van der Waals surface area contributed by atoms with Crippen LogP contribution >= 0.6 is 0 Å². The van der Waals surface area contributed by atoms with Crippen molar-refractivity contribution in [2.75, 3.05) is 5.75 Å². The van der Waals surface area contributed by atoms with Crippen molar-refractivity contribution >= 4 is 45.4 Å². The minimum Gasteiger partial charge on any atom is -0.443 e. The fourth-order valence-corrected chi connectivity index (χ4v) is 5.88. The first-order chi connectivity index (χ1) is 20.0. The summed E-state index contributed by atoms with van der Waals surface area (Å²) in [6.07, 6.45) is 0.754. The van der Waals surface area contributed by atoms with Crippen LogP contribution in [0.4, 0.5) is 24.1 Å². The first-order valence-electron chi connectivity index (χ1n) is 13.5. The third-order valence-electron chi connectivity index (χ3n) is 6.36. The van der Waals surface area contributed by atoms with Gasteiger partial charge in [0.1, 0.15) is 33.2 Å². The van der Waals surface area contributed by atoms with E-state index in [1.807, 2.05) is 0 Å². The molecule has 3 rings (SSSR count). The number of amidine groups is 1. The number of sulfone groups is 1. The van der Waals surface area contributed by atoms with Crippen LogP contribution in [0, 0.1) is 12.5 Å². The summed E-state index contributed by atoms with van der Waals surface area (Å²) in [6, 6.07) is 3.85. The highest BCUT2D eigenvalue weighted by atomic mass is 32.2. The van der Waals surface area contributed by atoms with Crippen LogP contribution in [-0.2, 0) is 24.8 Å². The summed E-state index contributed by atoms with van der Waals surface area (Å²) < 4.78 is 66.8. The molecule has 14 heteroatoms. The van der Waals surface area contributed by atoms with Gasteiger partial charge in [-0.1, -0.05) is 6.07 Å². The Labute approximate surface area is 255 Å². The number of imide groups is 1. The number of nitrogens with zero attached hydrogens (tertiary/aromatic N) is 5. The molecule has 0 unspecified atom stereocenters. The third-order valence-corrected chi connectivity index (χ3v) is 9.04. The highest BCUT2D eigenvalue weighted by Gasteiger charge is 2.55. The monoisotopic (exact) mass is 631 g/mol. The second-order valence-electron chi connectivity index (χ2n) is 12.9. The van der Waals surface area contributed by atoms with Gasteiger partial charge >= 0.3 is 12.2 Å². The molecule has 0 saturated carbocycles. The van der Waals surface area contributed by atoms with Crippen LogP contribution in [0.3, 0.4) is 0 Å². The van der Waals surface area contributed by atoms with Gasteiger partial charge in [0.15, 0.2) is 9.84 Å². The molecule has 0 N–H and O–H groups in total. The molecule has 2 amide bonds. The summed E-state index contributed by atoms with van der Waals surface area (Å²) in [4.78, 5) is 42.6. The number of pyridine rings is 2. The zero-order chi connectivity index (χ0) is 33.5. The lowest BCUT2D eigenvalue weighted by atomic mass is 9.93. The fourth-order valence-electron chi connectivity index (χ4n) is 4.14. The summed E-state index contributed by atoms with van der Waals surface area (Å²) in [5.74, 6) is -3.20. The fraction of sp³-hybridized carbons (Fsp3) is 0.467. The third kappa shape index (κ3) is 7.45. The molecule has 3 heterocycles. The Morgan fingerprint density at radius 3 is 2.07 bits per heavy atom. The molecule has 0 bridgehead atoms. The van der Waals surface area contributed by atoms with Crippen LogP contribution in [-0.4, -0.2) is 63.0 Å². The normalized spacial score (nSPS) is 19.8. The molecule has 2 aromatic heterocycles. The van der Waals surface area contributed by atoms with E-state index in [1.165, 1.54) is 45.2 Å². The van der Waals surface area contributed by atoms with Gasteiger partial charge in [-0.3, -0.25) is 9.98 Å². The van der Waals surface area contributed by atoms with Crippen LogP contribution < -0.4 is 0 Å². The van der Waals surface area contributed by atoms with E-state index < -0.39 is 66.9 Å². The zero-order valence-corrected chi connectivity index (χ0v) is 26.8. The Hall–Kier alpha value is -4.25. The number of halogens is 2. The van der Waals surface area contributed by atoms with Gasteiger partial charge in [-0.25, -0.2) is 32.2 Å². The smallest absolute Gasteiger partial charge is 0.425 e. The van der Waals surface area contributed by atoms with Crippen LogP contribution in [0.25, 0.3) is 16.7 Å². The molecule has 236 valence electrons. The average molecular weight is 632 g/mol. The number of carbonyl (C=O) groups excluding carboxylic acids is 2. The van der Waals surface area contributed by atoms with E-state index >= 15 is 8.78 Å². The number of carbonyl (C=O) groups is 2. The van der Waals surface area contributed by atoms with Crippen molar-refractivity contribution in [3.63, 3.8) is 0 Å². The predicted octanol–water partition coefficient (Wildman–Crippen LogP) is 6.63. The standard InChI is InChI=1S/C30H35F2N5O6S/c1-27(2,3)42-25(38)37(26(39)43-28(4,5)6)24-29(7,8)44(40,41)17-30(9,36-24)20-13-18(15-35-23(20)32)14-21(31)22-12-11-19(33-10)16-34-22/h11-16H,17H2,1-9H3/b21-14-/t30-/m0/s1. The van der Waals surface area contributed by atoms with Gasteiger partial charge in [0.05, 0.1) is 18.0 Å². The number of rotatable bonds is 3. The van der Waals surface area contributed by atoms with Crippen molar-refractivity contribution in [3.05, 3.63) is 64.8 Å². The van der Waals surface area contributed by atoms with Gasteiger partial charge in [-0.2, -0.15) is 9.29 Å². The van der Waals surface area contributed by atoms with Crippen molar-refractivity contribution < 1.29 is 36.3 Å². The van der Waals surface area contributed by atoms with Crippen LogP contribution in [0.2, 0.25) is 0 Å². The number of hydrogen-bond acceptors (Lipinski definition) is 9. The largest absolute Gasteiger partial charge is 0.443 e. The first-order valence-corrected chi connectivity index (χ1v) is 15.1. The molecule has 0 radical (unpaired) electrons. The maximum absolute atomic E-state index is 15.4. The topological polar surface area (TPSA) is 132 Å². The summed E-state index contributed by atoms with van der Waals surface area (Å²) in [5, 5.41) is 0. The summed E-state index contributed by atoms with van der Waals surface area (Å²) in [7, 11) is -4.27. The van der Waals surface area contributed by atoms with Gasteiger partial charge in [0.2, 0.25) is 11.6 Å². The van der Waals surface area contributed by atoms with Gasteiger partial charge in [0.25, 0.3) is 0 Å². The van der Waals surface area contributed by atoms with Crippen molar-refractivity contribution in [2.24, 2.45) is 4.99 Å². The van der Waals surface area contributed by atoms with Crippen LogP contribution in [0.1, 0.15) is 79.1 Å². The SMILES string of the molecule is [C-]#[N+]c1ccc(/C(F)=C/c2cnc(F)c([C@]3(C)CS(=O)(=O)C(C)(C)C(N(C(=O)OC(C)(C)C)C(=O)OC(C)(C)C)=N3)c2)nc1. The second-order valence-corrected chi connectivity index (χ2v) is 15.4. The molecule has 1 aliphatic rings. The van der Waals surface area contributed by atoms with Crippen molar-refractivity contribution in [2.45, 2.75) is 83.8 Å². The molecular formula is C30H35F2N5O6S. The van der Waals surface area contributed by atoms with Crippen LogP contribution in [0.15, 0.2) is 35.6 Å². The van der Waals surface area contributed by atoms with E-state index in [9.17, 15) is 18.0 Å². The molecule has 11 nitrogen and oxygen atoms in total. The van der Waals surface area contributed by atoms with Crippen molar-refractivity contribution in [1.82, 2.24) is 14.9 Å². The Balaban J connectivity index is 2.23. The minimum absolute atomic E-state index is 0.0475. The summed E-state index contributed by atoms with van der Waals surface area (Å²) in [6.45, 7) is 20.2. The molecule has 0 aliphatic carbocycles. The summed E-state index contributed by atoms with van der Waals surface area (Å²) >= 11 is 0. The van der Waals surface area contributed by atoms with E-state index in [0.717, 1.165) is 12.3 Å². The number of ether oxygens (including phenoxy) is 2. The number of aromatic nitrogens is 2.